The van der Waals surface area contributed by atoms with E-state index in [2.05, 4.69) is 44.2 Å². The van der Waals surface area contributed by atoms with E-state index in [9.17, 15) is 26.3 Å². The summed E-state index contributed by atoms with van der Waals surface area (Å²) in [6.45, 7) is 3.43. The summed E-state index contributed by atoms with van der Waals surface area (Å²) in [6, 6.07) is 12.3. The highest BCUT2D eigenvalue weighted by molar-refractivity contribution is 6.29. The number of carboxylic acid groups (broad SMARTS) is 2. The van der Waals surface area contributed by atoms with Gasteiger partial charge in [-0.3, -0.25) is 0 Å². The lowest BCUT2D eigenvalue weighted by Crippen LogP contribution is -2.36. The lowest BCUT2D eigenvalue weighted by molar-refractivity contribution is -0.193. The van der Waals surface area contributed by atoms with Crippen molar-refractivity contribution in [1.29, 1.82) is 0 Å². The molecule has 1 saturated heterocycles. The molecule has 1 fully saturated rings. The minimum Gasteiger partial charge on any atom is -0.475 e. The highest BCUT2D eigenvalue weighted by atomic mass is 35.5. The smallest absolute Gasteiger partial charge is 0.475 e. The van der Waals surface area contributed by atoms with E-state index in [1.165, 1.54) is 5.69 Å². The van der Waals surface area contributed by atoms with Gasteiger partial charge in [-0.2, -0.15) is 31.4 Å². The van der Waals surface area contributed by atoms with E-state index >= 15 is 0 Å². The summed E-state index contributed by atoms with van der Waals surface area (Å²) in [7, 11) is 0. The van der Waals surface area contributed by atoms with Crippen LogP contribution in [0.25, 0.3) is 27.9 Å². The first-order chi connectivity index (χ1) is 19.7. The monoisotopic (exact) mass is 619 g/mol. The van der Waals surface area contributed by atoms with Crippen LogP contribution in [0.4, 0.5) is 32.0 Å². The molecule has 17 heteroatoms. The molecule has 1 aliphatic rings. The van der Waals surface area contributed by atoms with Crippen molar-refractivity contribution < 1.29 is 50.9 Å². The number of benzene rings is 1. The molecular formula is C25H20ClF6N5O5. The van der Waals surface area contributed by atoms with Crippen LogP contribution in [-0.2, 0) is 14.3 Å². The number of carbonyl (C=O) groups is 2. The van der Waals surface area contributed by atoms with E-state index in [1.807, 2.05) is 24.5 Å². The Balaban J connectivity index is 0.000000289. The number of alkyl halides is 6. The van der Waals surface area contributed by atoms with Crippen LogP contribution >= 0.6 is 11.6 Å². The number of pyridine rings is 1. The molecule has 10 nitrogen and oxygen atoms in total. The largest absolute Gasteiger partial charge is 0.490 e. The number of morpholine rings is 1. The van der Waals surface area contributed by atoms with E-state index in [-0.39, 0.29) is 0 Å². The van der Waals surface area contributed by atoms with Crippen LogP contribution in [0.1, 0.15) is 0 Å². The fraction of sp³-hybridized carbons (Fsp3) is 0.240. The van der Waals surface area contributed by atoms with Crippen molar-refractivity contribution >= 4 is 34.9 Å². The number of rotatable bonds is 3. The minimum atomic E-state index is -5.08. The normalized spacial score (nSPS) is 13.5. The van der Waals surface area contributed by atoms with E-state index in [0.29, 0.717) is 5.15 Å². The minimum absolute atomic E-state index is 0.453. The third-order valence-corrected chi connectivity index (χ3v) is 5.66. The summed E-state index contributed by atoms with van der Waals surface area (Å²) >= 11 is 6.02. The molecule has 2 N–H and O–H groups in total. The first-order valence-electron chi connectivity index (χ1n) is 11.7. The number of ether oxygens (including phenoxy) is 1. The first kappa shape index (κ1) is 32.1. The second kappa shape index (κ2) is 13.5. The maximum absolute atomic E-state index is 10.6. The number of fused-ring (bicyclic) bond motifs is 1. The van der Waals surface area contributed by atoms with Crippen molar-refractivity contribution in [3.63, 3.8) is 0 Å². The van der Waals surface area contributed by atoms with Crippen molar-refractivity contribution in [2.75, 3.05) is 31.2 Å². The van der Waals surface area contributed by atoms with Crippen LogP contribution in [0.5, 0.6) is 0 Å². The van der Waals surface area contributed by atoms with E-state index in [4.69, 9.17) is 36.1 Å². The number of aliphatic carboxylic acids is 2. The molecule has 0 bridgehead atoms. The molecule has 0 unspecified atom stereocenters. The SMILES string of the molecule is Clc1cc(-c2cnn3cc(-c4ccc(N5CCOCC5)cc4)cnc23)ccn1.O=C(O)C(F)(F)F.O=C(O)C(F)(F)F. The van der Waals surface area contributed by atoms with Gasteiger partial charge in [-0.25, -0.2) is 24.1 Å². The second-order valence-electron chi connectivity index (χ2n) is 8.29. The molecule has 224 valence electrons. The summed E-state index contributed by atoms with van der Waals surface area (Å²) in [6.07, 6.45) is -2.80. The molecule has 0 saturated carbocycles. The number of aromatic nitrogens is 4. The van der Waals surface area contributed by atoms with Gasteiger partial charge in [0.25, 0.3) is 0 Å². The number of hydrogen-bond donors (Lipinski definition) is 2. The van der Waals surface area contributed by atoms with Gasteiger partial charge in [-0.1, -0.05) is 23.7 Å². The van der Waals surface area contributed by atoms with E-state index < -0.39 is 24.3 Å². The average molecular weight is 620 g/mol. The van der Waals surface area contributed by atoms with Gasteiger partial charge in [0, 0.05) is 48.5 Å². The molecule has 1 aromatic carbocycles. The molecule has 0 spiro atoms. The Morgan fingerprint density at radius 2 is 1.40 bits per heavy atom. The van der Waals surface area contributed by atoms with E-state index in [1.54, 1.807) is 16.9 Å². The van der Waals surface area contributed by atoms with Crippen LogP contribution in [0.3, 0.4) is 0 Å². The lowest BCUT2D eigenvalue weighted by atomic mass is 10.1. The summed E-state index contributed by atoms with van der Waals surface area (Å²) in [5, 5.41) is 19.2. The highest BCUT2D eigenvalue weighted by Gasteiger charge is 2.38. The molecule has 0 aliphatic carbocycles. The van der Waals surface area contributed by atoms with E-state index in [0.717, 1.165) is 54.2 Å². The molecule has 0 amide bonds. The molecule has 0 radical (unpaired) electrons. The Morgan fingerprint density at radius 1 is 0.833 bits per heavy atom. The Bertz CT molecular complexity index is 1500. The molecule has 42 heavy (non-hydrogen) atoms. The third-order valence-electron chi connectivity index (χ3n) is 5.46. The van der Waals surface area contributed by atoms with Gasteiger partial charge < -0.3 is 19.8 Å². The summed E-state index contributed by atoms with van der Waals surface area (Å²) < 4.78 is 70.7. The molecule has 0 atom stereocenters. The topological polar surface area (TPSA) is 130 Å². The molecule has 5 rings (SSSR count). The Morgan fingerprint density at radius 3 is 1.93 bits per heavy atom. The number of hydrogen-bond acceptors (Lipinski definition) is 7. The maximum Gasteiger partial charge on any atom is 0.490 e. The van der Waals surface area contributed by atoms with Crippen molar-refractivity contribution in [2.45, 2.75) is 12.4 Å². The van der Waals surface area contributed by atoms with Gasteiger partial charge in [0.15, 0.2) is 5.65 Å². The zero-order chi connectivity index (χ0) is 31.1. The molecule has 4 aromatic rings. The Kier molecular flexibility index (Phi) is 10.3. The van der Waals surface area contributed by atoms with Crippen LogP contribution < -0.4 is 4.90 Å². The van der Waals surface area contributed by atoms with Gasteiger partial charge in [0.05, 0.1) is 19.4 Å². The van der Waals surface area contributed by atoms with Crippen LogP contribution in [-0.4, -0.2) is 80.4 Å². The molecule has 4 heterocycles. The van der Waals surface area contributed by atoms with Crippen LogP contribution in [0.15, 0.2) is 61.2 Å². The number of carboxylic acids is 2. The molecule has 1 aliphatic heterocycles. The average Bonchev–Trinajstić information content (AvgIpc) is 3.37. The summed E-state index contributed by atoms with van der Waals surface area (Å²) in [4.78, 5) is 28.8. The van der Waals surface area contributed by atoms with Crippen molar-refractivity contribution in [3.05, 3.63) is 66.3 Å². The fourth-order valence-corrected chi connectivity index (χ4v) is 3.66. The van der Waals surface area contributed by atoms with Gasteiger partial charge in [0.2, 0.25) is 0 Å². The predicted octanol–water partition coefficient (Wildman–Crippen LogP) is 5.21. The molecular weight excluding hydrogens is 600 g/mol. The maximum atomic E-state index is 10.6. The highest BCUT2D eigenvalue weighted by Crippen LogP contribution is 2.28. The van der Waals surface area contributed by atoms with Gasteiger partial charge in [-0.05, 0) is 35.4 Å². The molecule has 3 aromatic heterocycles. The van der Waals surface area contributed by atoms with Crippen LogP contribution in [0.2, 0.25) is 5.15 Å². The number of nitrogens with zero attached hydrogens (tertiary/aromatic N) is 5. The Labute approximate surface area is 237 Å². The zero-order valence-electron chi connectivity index (χ0n) is 21.1. The van der Waals surface area contributed by atoms with Crippen molar-refractivity contribution in [2.24, 2.45) is 0 Å². The van der Waals surface area contributed by atoms with Crippen molar-refractivity contribution in [3.8, 4) is 22.3 Å². The van der Waals surface area contributed by atoms with Crippen molar-refractivity contribution in [1.82, 2.24) is 19.6 Å². The second-order valence-corrected chi connectivity index (χ2v) is 8.68. The Hall–Kier alpha value is -4.44. The quantitative estimate of drug-likeness (QED) is 0.234. The zero-order valence-corrected chi connectivity index (χ0v) is 21.9. The summed E-state index contributed by atoms with van der Waals surface area (Å²) in [5.41, 5.74) is 6.01. The van der Waals surface area contributed by atoms with Gasteiger partial charge in [-0.15, -0.1) is 0 Å². The number of halogens is 7. The van der Waals surface area contributed by atoms with Crippen LogP contribution in [0, 0.1) is 0 Å². The van der Waals surface area contributed by atoms with Gasteiger partial charge in [0.1, 0.15) is 5.15 Å². The first-order valence-corrected chi connectivity index (χ1v) is 12.0. The third kappa shape index (κ3) is 8.78. The van der Waals surface area contributed by atoms with Gasteiger partial charge >= 0.3 is 24.3 Å². The predicted molar refractivity (Wildman–Crippen MR) is 137 cm³/mol. The fourth-order valence-electron chi connectivity index (χ4n) is 3.48. The lowest BCUT2D eigenvalue weighted by Gasteiger charge is -2.28. The summed E-state index contributed by atoms with van der Waals surface area (Å²) in [5.74, 6) is -5.51. The standard InChI is InChI=1S/C21H18ClN5O.2C2HF3O2/c22-20-11-16(5-6-23-20)19-13-25-27-14-17(12-24-21(19)27)15-1-3-18(4-2-15)26-7-9-28-10-8-26;2*3-2(4,5)1(6)7/h1-6,11-14H,7-10H2;2*(H,6,7). The number of anilines is 1.